The van der Waals surface area contributed by atoms with Gasteiger partial charge in [0.2, 0.25) is 5.95 Å². The van der Waals surface area contributed by atoms with E-state index in [2.05, 4.69) is 11.9 Å². The second-order valence-corrected chi connectivity index (χ2v) is 3.03. The molecule has 1 unspecified atom stereocenters. The van der Waals surface area contributed by atoms with Gasteiger partial charge >= 0.3 is 0 Å². The van der Waals surface area contributed by atoms with Crippen LogP contribution in [0.2, 0.25) is 0 Å². The Morgan fingerprint density at radius 1 is 1.54 bits per heavy atom. The molecule has 0 aromatic carbocycles. The Labute approximate surface area is 77.8 Å². The van der Waals surface area contributed by atoms with Crippen LogP contribution >= 0.6 is 0 Å². The zero-order valence-corrected chi connectivity index (χ0v) is 7.96. The summed E-state index contributed by atoms with van der Waals surface area (Å²) in [6, 6.07) is 2.89. The molecule has 0 N–H and O–H groups in total. The highest BCUT2D eigenvalue weighted by Crippen LogP contribution is 2.12. The molecule has 0 aliphatic heterocycles. The average molecular weight is 183 g/mol. The molecule has 0 saturated carbocycles. The molecule has 1 heterocycles. The van der Waals surface area contributed by atoms with E-state index in [1.807, 2.05) is 6.92 Å². The van der Waals surface area contributed by atoms with Crippen molar-refractivity contribution >= 4 is 0 Å². The van der Waals surface area contributed by atoms with E-state index >= 15 is 0 Å². The molecule has 0 aliphatic rings. The number of rotatable bonds is 4. The minimum Gasteiger partial charge on any atom is -0.489 e. The van der Waals surface area contributed by atoms with Crippen molar-refractivity contribution in [2.24, 2.45) is 0 Å². The predicted octanol–water partition coefficient (Wildman–Crippen LogP) is 2.79. The van der Waals surface area contributed by atoms with Gasteiger partial charge in [0.1, 0.15) is 5.75 Å². The minimum atomic E-state index is -0.476. The van der Waals surface area contributed by atoms with Gasteiger partial charge in [-0.2, -0.15) is 4.39 Å². The fourth-order valence-corrected chi connectivity index (χ4v) is 1.13. The third-order valence-electron chi connectivity index (χ3n) is 1.73. The summed E-state index contributed by atoms with van der Waals surface area (Å²) in [5.41, 5.74) is 0. The molecule has 72 valence electrons. The van der Waals surface area contributed by atoms with Gasteiger partial charge in [0.05, 0.1) is 12.3 Å². The lowest BCUT2D eigenvalue weighted by Crippen LogP contribution is -2.11. The highest BCUT2D eigenvalue weighted by Gasteiger charge is 2.02. The third kappa shape index (κ3) is 3.40. The van der Waals surface area contributed by atoms with E-state index in [1.165, 1.54) is 12.3 Å². The molecule has 0 amide bonds. The van der Waals surface area contributed by atoms with Crippen LogP contribution in [0.3, 0.4) is 0 Å². The molecule has 0 spiro atoms. The first-order valence-electron chi connectivity index (χ1n) is 4.50. The van der Waals surface area contributed by atoms with Crippen LogP contribution in [0.25, 0.3) is 0 Å². The predicted molar refractivity (Wildman–Crippen MR) is 49.2 cm³/mol. The van der Waals surface area contributed by atoms with Crippen LogP contribution in [0.5, 0.6) is 5.75 Å². The van der Waals surface area contributed by atoms with Gasteiger partial charge in [0.15, 0.2) is 0 Å². The molecule has 0 bridgehead atoms. The van der Waals surface area contributed by atoms with E-state index in [9.17, 15) is 4.39 Å². The zero-order chi connectivity index (χ0) is 9.68. The maximum atomic E-state index is 12.4. The lowest BCUT2D eigenvalue weighted by Gasteiger charge is -2.12. The number of hydrogen-bond donors (Lipinski definition) is 0. The van der Waals surface area contributed by atoms with Gasteiger partial charge in [-0.05, 0) is 25.5 Å². The summed E-state index contributed by atoms with van der Waals surface area (Å²) in [7, 11) is 0. The van der Waals surface area contributed by atoms with Crippen molar-refractivity contribution in [2.45, 2.75) is 32.8 Å². The topological polar surface area (TPSA) is 22.1 Å². The zero-order valence-electron chi connectivity index (χ0n) is 7.96. The SMILES string of the molecule is CCCC(C)Oc1ccc(F)nc1. The number of aromatic nitrogens is 1. The lowest BCUT2D eigenvalue weighted by atomic mass is 10.2. The highest BCUT2D eigenvalue weighted by molar-refractivity contribution is 5.16. The Morgan fingerprint density at radius 2 is 2.31 bits per heavy atom. The lowest BCUT2D eigenvalue weighted by molar-refractivity contribution is 0.208. The first-order valence-corrected chi connectivity index (χ1v) is 4.50. The van der Waals surface area contributed by atoms with Crippen molar-refractivity contribution in [2.75, 3.05) is 0 Å². The second kappa shape index (κ2) is 4.80. The molecule has 0 fully saturated rings. The molecule has 0 aliphatic carbocycles. The van der Waals surface area contributed by atoms with Crippen LogP contribution in [-0.4, -0.2) is 11.1 Å². The molecule has 0 radical (unpaired) electrons. The van der Waals surface area contributed by atoms with Gasteiger partial charge in [-0.15, -0.1) is 0 Å². The number of ether oxygens (including phenoxy) is 1. The Morgan fingerprint density at radius 3 is 2.85 bits per heavy atom. The van der Waals surface area contributed by atoms with Gasteiger partial charge in [-0.3, -0.25) is 0 Å². The van der Waals surface area contributed by atoms with E-state index < -0.39 is 5.95 Å². The van der Waals surface area contributed by atoms with Gasteiger partial charge < -0.3 is 4.74 Å². The summed E-state index contributed by atoms with van der Waals surface area (Å²) in [5.74, 6) is 0.151. The first kappa shape index (κ1) is 9.96. The summed E-state index contributed by atoms with van der Waals surface area (Å²) >= 11 is 0. The van der Waals surface area contributed by atoms with E-state index in [0.717, 1.165) is 12.8 Å². The largest absolute Gasteiger partial charge is 0.489 e. The fourth-order valence-electron chi connectivity index (χ4n) is 1.13. The first-order chi connectivity index (χ1) is 6.22. The smallest absolute Gasteiger partial charge is 0.213 e. The molecule has 13 heavy (non-hydrogen) atoms. The van der Waals surface area contributed by atoms with Crippen molar-refractivity contribution in [3.63, 3.8) is 0 Å². The third-order valence-corrected chi connectivity index (χ3v) is 1.73. The van der Waals surface area contributed by atoms with Gasteiger partial charge in [0.25, 0.3) is 0 Å². The quantitative estimate of drug-likeness (QED) is 0.669. The van der Waals surface area contributed by atoms with Crippen molar-refractivity contribution in [1.82, 2.24) is 4.98 Å². The fraction of sp³-hybridized carbons (Fsp3) is 0.500. The maximum Gasteiger partial charge on any atom is 0.213 e. The van der Waals surface area contributed by atoms with Crippen LogP contribution in [0.1, 0.15) is 26.7 Å². The monoisotopic (exact) mass is 183 g/mol. The summed E-state index contributed by atoms with van der Waals surface area (Å²) < 4.78 is 17.9. The van der Waals surface area contributed by atoms with Gasteiger partial charge in [-0.25, -0.2) is 4.98 Å². The Hall–Kier alpha value is -1.12. The molecular formula is C10H14FNO. The van der Waals surface area contributed by atoms with Crippen molar-refractivity contribution in [1.29, 1.82) is 0 Å². The van der Waals surface area contributed by atoms with Crippen LogP contribution in [0.4, 0.5) is 4.39 Å². The van der Waals surface area contributed by atoms with Gasteiger partial charge in [0, 0.05) is 0 Å². The number of halogens is 1. The standard InChI is InChI=1S/C10H14FNO/c1-3-4-8(2)13-9-5-6-10(11)12-7-9/h5-8H,3-4H2,1-2H3. The average Bonchev–Trinajstić information content (AvgIpc) is 2.09. The summed E-state index contributed by atoms with van der Waals surface area (Å²) in [6.45, 7) is 4.09. The van der Waals surface area contributed by atoms with Crippen LogP contribution in [0.15, 0.2) is 18.3 Å². The summed E-state index contributed by atoms with van der Waals surface area (Å²) in [4.78, 5) is 3.50. The van der Waals surface area contributed by atoms with Crippen molar-refractivity contribution in [3.05, 3.63) is 24.3 Å². The molecule has 1 rings (SSSR count). The molecule has 2 nitrogen and oxygen atoms in total. The minimum absolute atomic E-state index is 0.164. The van der Waals surface area contributed by atoms with Crippen LogP contribution in [0, 0.1) is 5.95 Å². The van der Waals surface area contributed by atoms with E-state index in [1.54, 1.807) is 6.07 Å². The Kier molecular flexibility index (Phi) is 3.68. The normalized spacial score (nSPS) is 12.5. The van der Waals surface area contributed by atoms with Crippen molar-refractivity contribution < 1.29 is 9.13 Å². The van der Waals surface area contributed by atoms with Crippen molar-refractivity contribution in [3.8, 4) is 5.75 Å². The highest BCUT2D eigenvalue weighted by atomic mass is 19.1. The number of pyridine rings is 1. The van der Waals surface area contributed by atoms with Gasteiger partial charge in [-0.1, -0.05) is 13.3 Å². The van der Waals surface area contributed by atoms with E-state index in [4.69, 9.17) is 4.74 Å². The molecule has 1 aromatic heterocycles. The van der Waals surface area contributed by atoms with Crippen LogP contribution < -0.4 is 4.74 Å². The number of nitrogens with zero attached hydrogens (tertiary/aromatic N) is 1. The maximum absolute atomic E-state index is 12.4. The Bertz CT molecular complexity index is 248. The molecule has 1 aromatic rings. The molecular weight excluding hydrogens is 169 g/mol. The molecule has 1 atom stereocenters. The van der Waals surface area contributed by atoms with E-state index in [-0.39, 0.29) is 6.10 Å². The van der Waals surface area contributed by atoms with Crippen LogP contribution in [-0.2, 0) is 0 Å². The Balaban J connectivity index is 2.49. The summed E-state index contributed by atoms with van der Waals surface area (Å²) in [5, 5.41) is 0. The molecule has 0 saturated heterocycles. The number of hydrogen-bond acceptors (Lipinski definition) is 2. The second-order valence-electron chi connectivity index (χ2n) is 3.03. The van der Waals surface area contributed by atoms with E-state index in [0.29, 0.717) is 5.75 Å². The molecule has 3 heteroatoms. The summed E-state index contributed by atoms with van der Waals surface area (Å²) in [6.07, 6.45) is 3.64.